The third-order valence-corrected chi connectivity index (χ3v) is 8.07. The zero-order valence-corrected chi connectivity index (χ0v) is 18.8. The van der Waals surface area contributed by atoms with Gasteiger partial charge in [0.1, 0.15) is 10.1 Å². The summed E-state index contributed by atoms with van der Waals surface area (Å²) in [5.41, 5.74) is 0. The maximum Gasteiger partial charge on any atom is 1.00 e. The molecule has 0 unspecified atom stereocenters. The average Bonchev–Trinajstić information content (AvgIpc) is 2.12. The van der Waals surface area contributed by atoms with E-state index in [2.05, 4.69) is 39.3 Å². The standard InChI is InChI=1S/C12H22O3SSi2.K/c1-17(2,3)10-7-8-11(16(13,14)15)12(9-10)18(4,5)6;/h7-9H,1-6H3,(H,13,14,15);/q;+1/p-1. The Morgan fingerprint density at radius 2 is 1.42 bits per heavy atom. The molecule has 1 aromatic rings. The van der Waals surface area contributed by atoms with Crippen LogP contribution in [0, 0.1) is 0 Å². The molecule has 7 heteroatoms. The van der Waals surface area contributed by atoms with Crippen molar-refractivity contribution < 1.29 is 64.4 Å². The Morgan fingerprint density at radius 3 is 1.74 bits per heavy atom. The third-order valence-electron chi connectivity index (χ3n) is 2.92. The largest absolute Gasteiger partial charge is 1.00 e. The first-order valence-electron chi connectivity index (χ1n) is 5.94. The van der Waals surface area contributed by atoms with Crippen molar-refractivity contribution in [1.29, 1.82) is 0 Å². The molecule has 1 rings (SSSR count). The van der Waals surface area contributed by atoms with Crippen molar-refractivity contribution in [1.82, 2.24) is 0 Å². The maximum absolute atomic E-state index is 11.3. The summed E-state index contributed by atoms with van der Waals surface area (Å²) >= 11 is 0. The van der Waals surface area contributed by atoms with E-state index in [1.807, 2.05) is 6.07 Å². The van der Waals surface area contributed by atoms with Crippen molar-refractivity contribution in [3.05, 3.63) is 18.2 Å². The average molecular weight is 341 g/mol. The van der Waals surface area contributed by atoms with Crippen molar-refractivity contribution in [3.63, 3.8) is 0 Å². The molecule has 0 aromatic heterocycles. The van der Waals surface area contributed by atoms with Gasteiger partial charge in [-0.05, 0) is 11.3 Å². The molecular formula is C12H21KO3SSi2. The predicted octanol–water partition coefficient (Wildman–Crippen LogP) is -1.31. The summed E-state index contributed by atoms with van der Waals surface area (Å²) in [5.74, 6) is 0. The van der Waals surface area contributed by atoms with E-state index in [9.17, 15) is 13.0 Å². The normalized spacial score (nSPS) is 13.0. The van der Waals surface area contributed by atoms with Crippen LogP contribution in [0.25, 0.3) is 0 Å². The van der Waals surface area contributed by atoms with Gasteiger partial charge >= 0.3 is 51.4 Å². The fourth-order valence-electron chi connectivity index (χ4n) is 1.80. The van der Waals surface area contributed by atoms with Crippen LogP contribution < -0.4 is 61.8 Å². The predicted molar refractivity (Wildman–Crippen MR) is 80.4 cm³/mol. The van der Waals surface area contributed by atoms with Crippen LogP contribution in [0.3, 0.4) is 0 Å². The molecule has 0 aliphatic carbocycles. The minimum absolute atomic E-state index is 0. The zero-order valence-electron chi connectivity index (χ0n) is 12.9. The second-order valence-corrected chi connectivity index (χ2v) is 18.1. The Hall–Kier alpha value is 1.20. The molecule has 0 amide bonds. The van der Waals surface area contributed by atoms with Gasteiger partial charge in [-0.15, -0.1) is 0 Å². The summed E-state index contributed by atoms with van der Waals surface area (Å²) in [5, 5.41) is 1.96. The van der Waals surface area contributed by atoms with E-state index in [0.29, 0.717) is 0 Å². The number of hydrogen-bond acceptors (Lipinski definition) is 3. The smallest absolute Gasteiger partial charge is 0.744 e. The topological polar surface area (TPSA) is 57.2 Å². The van der Waals surface area contributed by atoms with Gasteiger partial charge in [-0.3, -0.25) is 0 Å². The molecule has 19 heavy (non-hydrogen) atoms. The second kappa shape index (κ2) is 6.53. The van der Waals surface area contributed by atoms with Crippen LogP contribution in [-0.4, -0.2) is 29.1 Å². The fraction of sp³-hybridized carbons (Fsp3) is 0.500. The molecule has 0 radical (unpaired) electrons. The monoisotopic (exact) mass is 340 g/mol. The number of rotatable bonds is 3. The summed E-state index contributed by atoms with van der Waals surface area (Å²) in [6, 6.07) is 5.27. The van der Waals surface area contributed by atoms with Gasteiger partial charge in [0.2, 0.25) is 0 Å². The van der Waals surface area contributed by atoms with Gasteiger partial charge in [0.25, 0.3) is 0 Å². The molecule has 3 nitrogen and oxygen atoms in total. The van der Waals surface area contributed by atoms with E-state index >= 15 is 0 Å². The third kappa shape index (κ3) is 5.48. The van der Waals surface area contributed by atoms with Crippen molar-refractivity contribution in [2.45, 2.75) is 44.2 Å². The van der Waals surface area contributed by atoms with Crippen LogP contribution in [0.5, 0.6) is 0 Å². The Bertz CT molecular complexity index is 557. The first kappa shape index (κ1) is 20.2. The zero-order chi connectivity index (χ0) is 14.4. The second-order valence-electron chi connectivity index (χ2n) is 6.67. The van der Waals surface area contributed by atoms with Crippen molar-refractivity contribution in [2.75, 3.05) is 0 Å². The van der Waals surface area contributed by atoms with Crippen LogP contribution in [-0.2, 0) is 10.1 Å². The molecule has 0 heterocycles. The van der Waals surface area contributed by atoms with Crippen LogP contribution in [0.2, 0.25) is 39.3 Å². The molecule has 0 saturated heterocycles. The van der Waals surface area contributed by atoms with E-state index in [-0.39, 0.29) is 56.3 Å². The molecule has 0 bridgehead atoms. The minimum atomic E-state index is -4.38. The van der Waals surface area contributed by atoms with Gasteiger partial charge in [-0.25, -0.2) is 8.42 Å². The Labute approximate surface area is 161 Å². The van der Waals surface area contributed by atoms with Gasteiger partial charge < -0.3 is 4.55 Å². The molecule has 0 aliphatic rings. The summed E-state index contributed by atoms with van der Waals surface area (Å²) in [7, 11) is -7.73. The van der Waals surface area contributed by atoms with Gasteiger partial charge in [0.15, 0.2) is 0 Å². The first-order valence-corrected chi connectivity index (χ1v) is 14.4. The van der Waals surface area contributed by atoms with Gasteiger partial charge in [-0.1, -0.05) is 56.6 Å². The van der Waals surface area contributed by atoms with Gasteiger partial charge in [-0.2, -0.15) is 0 Å². The molecule has 0 spiro atoms. The Balaban J connectivity index is 0.00000324. The minimum Gasteiger partial charge on any atom is -0.744 e. The summed E-state index contributed by atoms with van der Waals surface area (Å²) in [6.07, 6.45) is 0. The molecule has 0 atom stereocenters. The molecule has 1 aromatic carbocycles. The Morgan fingerprint density at radius 1 is 0.947 bits per heavy atom. The molecule has 0 aliphatic heterocycles. The molecule has 0 saturated carbocycles. The molecule has 0 N–H and O–H groups in total. The van der Waals surface area contributed by atoms with Crippen molar-refractivity contribution in [3.8, 4) is 0 Å². The maximum atomic E-state index is 11.3. The van der Waals surface area contributed by atoms with Gasteiger partial charge in [0.05, 0.1) is 21.0 Å². The quantitative estimate of drug-likeness (QED) is 0.507. The van der Waals surface area contributed by atoms with E-state index in [1.165, 1.54) is 11.3 Å². The first-order chi connectivity index (χ1) is 7.83. The van der Waals surface area contributed by atoms with Crippen molar-refractivity contribution >= 4 is 36.6 Å². The SMILES string of the molecule is C[Si](C)(C)c1ccc(S(=O)(=O)[O-])c([Si](C)(C)C)c1.[K+]. The molecular weight excluding hydrogens is 319 g/mol. The van der Waals surface area contributed by atoms with Crippen LogP contribution in [0.15, 0.2) is 23.1 Å². The number of hydrogen-bond donors (Lipinski definition) is 0. The summed E-state index contributed by atoms with van der Waals surface area (Å²) in [4.78, 5) is -0.0244. The molecule has 0 fully saturated rings. The fourth-order valence-corrected chi connectivity index (χ4v) is 6.37. The Kier molecular flexibility index (Phi) is 6.95. The summed E-state index contributed by atoms with van der Waals surface area (Å²) in [6.45, 7) is 12.8. The van der Waals surface area contributed by atoms with Crippen LogP contribution in [0.4, 0.5) is 0 Å². The van der Waals surface area contributed by atoms with E-state index in [1.54, 1.807) is 6.07 Å². The van der Waals surface area contributed by atoms with Crippen LogP contribution in [0.1, 0.15) is 0 Å². The summed E-state index contributed by atoms with van der Waals surface area (Å²) < 4.78 is 34.0. The van der Waals surface area contributed by atoms with E-state index in [0.717, 1.165) is 5.19 Å². The van der Waals surface area contributed by atoms with Gasteiger partial charge in [0, 0.05) is 0 Å². The molecule has 102 valence electrons. The van der Waals surface area contributed by atoms with E-state index in [4.69, 9.17) is 0 Å². The van der Waals surface area contributed by atoms with Crippen molar-refractivity contribution in [2.24, 2.45) is 0 Å². The number of benzene rings is 1. The van der Waals surface area contributed by atoms with Crippen LogP contribution >= 0.6 is 0 Å². The van der Waals surface area contributed by atoms with E-state index < -0.39 is 26.3 Å².